The summed E-state index contributed by atoms with van der Waals surface area (Å²) in [6.45, 7) is 0. The largest absolute Gasteiger partial charge is 0.399 e. The molecular formula is C11H9FN2S. The molecule has 15 heavy (non-hydrogen) atoms. The first-order valence-corrected chi connectivity index (χ1v) is 5.21. The standard InChI is InChI=1S/C11H9FN2S/c12-10-2-1-7-14-11(10)15-9-5-3-8(13)4-6-9/h1-7H,13H2. The molecule has 4 heteroatoms. The normalized spacial score (nSPS) is 10.2. The molecule has 1 aromatic heterocycles. The van der Waals surface area contributed by atoms with Crippen molar-refractivity contribution in [2.45, 2.75) is 9.92 Å². The van der Waals surface area contributed by atoms with Gasteiger partial charge in [0.05, 0.1) is 0 Å². The molecule has 0 atom stereocenters. The van der Waals surface area contributed by atoms with E-state index in [1.807, 2.05) is 12.1 Å². The minimum atomic E-state index is -0.306. The van der Waals surface area contributed by atoms with Gasteiger partial charge in [0.15, 0.2) is 5.82 Å². The second-order valence-corrected chi connectivity index (χ2v) is 4.02. The molecular weight excluding hydrogens is 211 g/mol. The smallest absolute Gasteiger partial charge is 0.155 e. The number of pyridine rings is 1. The summed E-state index contributed by atoms with van der Waals surface area (Å²) in [7, 11) is 0. The highest BCUT2D eigenvalue weighted by Gasteiger charge is 2.03. The van der Waals surface area contributed by atoms with Gasteiger partial charge < -0.3 is 5.73 Å². The van der Waals surface area contributed by atoms with E-state index in [1.165, 1.54) is 17.8 Å². The molecule has 0 bridgehead atoms. The minimum absolute atomic E-state index is 0.306. The van der Waals surface area contributed by atoms with Crippen LogP contribution in [-0.4, -0.2) is 4.98 Å². The molecule has 0 saturated heterocycles. The Morgan fingerprint density at radius 2 is 1.87 bits per heavy atom. The van der Waals surface area contributed by atoms with Crippen LogP contribution in [0.25, 0.3) is 0 Å². The molecule has 2 N–H and O–H groups in total. The molecule has 0 amide bonds. The van der Waals surface area contributed by atoms with Crippen molar-refractivity contribution in [2.75, 3.05) is 5.73 Å². The van der Waals surface area contributed by atoms with Crippen LogP contribution >= 0.6 is 11.8 Å². The van der Waals surface area contributed by atoms with Gasteiger partial charge in [-0.2, -0.15) is 0 Å². The predicted octanol–water partition coefficient (Wildman–Crippen LogP) is 2.95. The van der Waals surface area contributed by atoms with Crippen LogP contribution in [0.5, 0.6) is 0 Å². The third kappa shape index (κ3) is 2.47. The summed E-state index contributed by atoms with van der Waals surface area (Å²) in [6, 6.07) is 10.2. The van der Waals surface area contributed by atoms with Gasteiger partial charge in [-0.25, -0.2) is 9.37 Å². The lowest BCUT2D eigenvalue weighted by atomic mass is 10.3. The summed E-state index contributed by atoms with van der Waals surface area (Å²) in [5, 5.41) is 0.377. The van der Waals surface area contributed by atoms with Crippen molar-refractivity contribution in [3.8, 4) is 0 Å². The fourth-order valence-electron chi connectivity index (χ4n) is 1.09. The molecule has 2 rings (SSSR count). The molecule has 76 valence electrons. The number of hydrogen-bond donors (Lipinski definition) is 1. The molecule has 0 aliphatic heterocycles. The van der Waals surface area contributed by atoms with Gasteiger partial charge in [-0.15, -0.1) is 0 Å². The van der Waals surface area contributed by atoms with E-state index >= 15 is 0 Å². The molecule has 0 radical (unpaired) electrons. The Morgan fingerprint density at radius 1 is 1.13 bits per heavy atom. The maximum Gasteiger partial charge on any atom is 0.155 e. The summed E-state index contributed by atoms with van der Waals surface area (Å²) >= 11 is 1.28. The number of rotatable bonds is 2. The van der Waals surface area contributed by atoms with Crippen LogP contribution in [0, 0.1) is 5.82 Å². The van der Waals surface area contributed by atoms with Gasteiger partial charge in [0.25, 0.3) is 0 Å². The first-order valence-electron chi connectivity index (χ1n) is 4.39. The molecule has 2 aromatic rings. The van der Waals surface area contributed by atoms with Crippen molar-refractivity contribution < 1.29 is 4.39 Å². The monoisotopic (exact) mass is 220 g/mol. The van der Waals surface area contributed by atoms with Crippen LogP contribution in [0.3, 0.4) is 0 Å². The van der Waals surface area contributed by atoms with Crippen LogP contribution in [0.1, 0.15) is 0 Å². The Hall–Kier alpha value is -1.55. The number of hydrogen-bond acceptors (Lipinski definition) is 3. The van der Waals surface area contributed by atoms with Crippen molar-refractivity contribution in [3.63, 3.8) is 0 Å². The maximum atomic E-state index is 13.2. The Labute approximate surface area is 91.3 Å². The SMILES string of the molecule is Nc1ccc(Sc2ncccc2F)cc1. The number of halogens is 1. The second-order valence-electron chi connectivity index (χ2n) is 2.96. The van der Waals surface area contributed by atoms with Crippen LogP contribution in [0.4, 0.5) is 10.1 Å². The van der Waals surface area contributed by atoms with Gasteiger partial charge in [0, 0.05) is 16.8 Å². The number of benzene rings is 1. The van der Waals surface area contributed by atoms with Gasteiger partial charge in [-0.05, 0) is 36.4 Å². The minimum Gasteiger partial charge on any atom is -0.399 e. The maximum absolute atomic E-state index is 13.2. The number of anilines is 1. The lowest BCUT2D eigenvalue weighted by Gasteiger charge is -2.01. The van der Waals surface area contributed by atoms with Crippen molar-refractivity contribution in [3.05, 3.63) is 48.4 Å². The van der Waals surface area contributed by atoms with E-state index in [-0.39, 0.29) is 5.82 Å². The van der Waals surface area contributed by atoms with Crippen molar-refractivity contribution in [2.24, 2.45) is 0 Å². The van der Waals surface area contributed by atoms with Crippen LogP contribution < -0.4 is 5.73 Å². The van der Waals surface area contributed by atoms with Crippen molar-refractivity contribution in [1.29, 1.82) is 0 Å². The van der Waals surface area contributed by atoms with Crippen LogP contribution in [0.15, 0.2) is 52.5 Å². The zero-order valence-electron chi connectivity index (χ0n) is 7.85. The summed E-state index contributed by atoms with van der Waals surface area (Å²) < 4.78 is 13.2. The topological polar surface area (TPSA) is 38.9 Å². The fourth-order valence-corrected chi connectivity index (χ4v) is 1.87. The van der Waals surface area contributed by atoms with E-state index in [2.05, 4.69) is 4.98 Å². The lowest BCUT2D eigenvalue weighted by molar-refractivity contribution is 0.588. The number of aromatic nitrogens is 1. The Kier molecular flexibility index (Phi) is 2.87. The van der Waals surface area contributed by atoms with E-state index in [4.69, 9.17) is 5.73 Å². The zero-order valence-corrected chi connectivity index (χ0v) is 8.67. The van der Waals surface area contributed by atoms with Gasteiger partial charge in [0.2, 0.25) is 0 Å². The zero-order chi connectivity index (χ0) is 10.7. The average molecular weight is 220 g/mol. The Morgan fingerprint density at radius 3 is 2.53 bits per heavy atom. The second kappa shape index (κ2) is 4.31. The summed E-state index contributed by atoms with van der Waals surface area (Å²) in [5.41, 5.74) is 6.25. The highest BCUT2D eigenvalue weighted by Crippen LogP contribution is 2.27. The summed E-state index contributed by atoms with van der Waals surface area (Å²) in [5.74, 6) is -0.306. The van der Waals surface area contributed by atoms with Gasteiger partial charge >= 0.3 is 0 Å². The predicted molar refractivity (Wildman–Crippen MR) is 59.2 cm³/mol. The first kappa shape index (κ1) is 9.98. The van der Waals surface area contributed by atoms with Gasteiger partial charge in [-0.3, -0.25) is 0 Å². The van der Waals surface area contributed by atoms with E-state index < -0.39 is 0 Å². The highest BCUT2D eigenvalue weighted by molar-refractivity contribution is 7.99. The summed E-state index contributed by atoms with van der Waals surface area (Å²) in [6.07, 6.45) is 1.57. The van der Waals surface area contributed by atoms with E-state index in [1.54, 1.807) is 24.4 Å². The average Bonchev–Trinajstić information content (AvgIpc) is 2.25. The van der Waals surface area contributed by atoms with Crippen molar-refractivity contribution in [1.82, 2.24) is 4.98 Å². The summed E-state index contributed by atoms with van der Waals surface area (Å²) in [4.78, 5) is 4.87. The molecule has 2 nitrogen and oxygen atoms in total. The molecule has 0 aliphatic rings. The number of nitrogens with two attached hydrogens (primary N) is 1. The van der Waals surface area contributed by atoms with Crippen molar-refractivity contribution >= 4 is 17.4 Å². The quantitative estimate of drug-likeness (QED) is 0.791. The Bertz CT molecular complexity index is 456. The first-order chi connectivity index (χ1) is 7.25. The third-order valence-corrected chi connectivity index (χ3v) is 2.82. The van der Waals surface area contributed by atoms with E-state index in [0.717, 1.165) is 4.90 Å². The molecule has 0 spiro atoms. The third-order valence-electron chi connectivity index (χ3n) is 1.82. The fraction of sp³-hybridized carbons (Fsp3) is 0. The highest BCUT2D eigenvalue weighted by atomic mass is 32.2. The van der Waals surface area contributed by atoms with E-state index in [0.29, 0.717) is 10.7 Å². The molecule has 0 saturated carbocycles. The van der Waals surface area contributed by atoms with E-state index in [9.17, 15) is 4.39 Å². The van der Waals surface area contributed by atoms with Gasteiger partial charge in [-0.1, -0.05) is 11.8 Å². The number of nitrogens with zero attached hydrogens (tertiary/aromatic N) is 1. The lowest BCUT2D eigenvalue weighted by Crippen LogP contribution is -1.86. The Balaban J connectivity index is 2.22. The van der Waals surface area contributed by atoms with Crippen LogP contribution in [0.2, 0.25) is 0 Å². The molecule has 1 heterocycles. The molecule has 0 aliphatic carbocycles. The number of nitrogen functional groups attached to an aromatic ring is 1. The molecule has 1 aromatic carbocycles. The van der Waals surface area contributed by atoms with Gasteiger partial charge in [0.1, 0.15) is 5.03 Å². The molecule has 0 unspecified atom stereocenters. The molecule has 0 fully saturated rings. The van der Waals surface area contributed by atoms with Crippen LogP contribution in [-0.2, 0) is 0 Å².